The molecular formula is C19H29N3O2. The third kappa shape index (κ3) is 5.06. The van der Waals surface area contributed by atoms with Gasteiger partial charge in [0, 0.05) is 25.7 Å². The number of likely N-dealkylation sites (tertiary alicyclic amines) is 1. The largest absolute Gasteiger partial charge is 0.349 e. The lowest BCUT2D eigenvalue weighted by Gasteiger charge is -2.31. The first-order valence-corrected chi connectivity index (χ1v) is 8.70. The number of nitrogens with zero attached hydrogens (tertiary/aromatic N) is 2. The molecule has 0 bridgehead atoms. The third-order valence-corrected chi connectivity index (χ3v) is 4.58. The first kappa shape index (κ1) is 18.5. The standard InChI is InChI=1S/C19H29N3O2/c1-14(2)16-6-5-7-17(12-16)20-18(23)13-22-10-8-15(9-11-22)19(24)21(3)4/h5-7,12,14-15H,8-11,13H2,1-4H3,(H,20,23). The fourth-order valence-electron chi connectivity index (χ4n) is 3.08. The molecular weight excluding hydrogens is 302 g/mol. The maximum absolute atomic E-state index is 12.3. The van der Waals surface area contributed by atoms with Crippen LogP contribution in [0.5, 0.6) is 0 Å². The summed E-state index contributed by atoms with van der Waals surface area (Å²) in [5.41, 5.74) is 2.07. The average Bonchev–Trinajstić information content (AvgIpc) is 2.55. The van der Waals surface area contributed by atoms with Crippen LogP contribution < -0.4 is 5.32 Å². The van der Waals surface area contributed by atoms with Crippen molar-refractivity contribution in [2.24, 2.45) is 5.92 Å². The molecule has 1 aliphatic heterocycles. The maximum Gasteiger partial charge on any atom is 0.238 e. The number of anilines is 1. The molecule has 0 spiro atoms. The van der Waals surface area contributed by atoms with E-state index in [1.165, 1.54) is 5.56 Å². The lowest BCUT2D eigenvalue weighted by Crippen LogP contribution is -2.43. The van der Waals surface area contributed by atoms with Crippen molar-refractivity contribution in [3.05, 3.63) is 29.8 Å². The van der Waals surface area contributed by atoms with E-state index in [4.69, 9.17) is 0 Å². The number of amides is 2. The van der Waals surface area contributed by atoms with Crippen LogP contribution in [-0.4, -0.2) is 55.3 Å². The number of benzene rings is 1. The first-order chi connectivity index (χ1) is 11.4. The molecule has 1 aliphatic rings. The molecule has 5 nitrogen and oxygen atoms in total. The Morgan fingerprint density at radius 1 is 1.25 bits per heavy atom. The minimum Gasteiger partial charge on any atom is -0.349 e. The maximum atomic E-state index is 12.3. The predicted octanol–water partition coefficient (Wildman–Crippen LogP) is 2.55. The highest BCUT2D eigenvalue weighted by molar-refractivity contribution is 5.92. The van der Waals surface area contributed by atoms with Gasteiger partial charge >= 0.3 is 0 Å². The molecule has 1 aromatic carbocycles. The van der Waals surface area contributed by atoms with Crippen LogP contribution in [0.1, 0.15) is 38.2 Å². The van der Waals surface area contributed by atoms with Crippen molar-refractivity contribution in [2.75, 3.05) is 39.0 Å². The SMILES string of the molecule is CC(C)c1cccc(NC(=O)CN2CCC(C(=O)N(C)C)CC2)c1. The third-order valence-electron chi connectivity index (χ3n) is 4.58. The van der Waals surface area contributed by atoms with E-state index >= 15 is 0 Å². The van der Waals surface area contributed by atoms with Crippen molar-refractivity contribution in [2.45, 2.75) is 32.6 Å². The summed E-state index contributed by atoms with van der Waals surface area (Å²) < 4.78 is 0. The number of nitrogens with one attached hydrogen (secondary N) is 1. The van der Waals surface area contributed by atoms with Crippen molar-refractivity contribution in [3.63, 3.8) is 0 Å². The Hall–Kier alpha value is -1.88. The van der Waals surface area contributed by atoms with Gasteiger partial charge in [0.05, 0.1) is 6.54 Å². The molecule has 1 N–H and O–H groups in total. The molecule has 2 amide bonds. The zero-order valence-electron chi connectivity index (χ0n) is 15.2. The Bertz CT molecular complexity index is 576. The Balaban J connectivity index is 1.82. The van der Waals surface area contributed by atoms with Crippen LogP contribution in [0.25, 0.3) is 0 Å². The Labute approximate surface area is 145 Å². The number of carbonyl (C=O) groups excluding carboxylic acids is 2. The normalized spacial score (nSPS) is 16.2. The molecule has 0 atom stereocenters. The Morgan fingerprint density at radius 2 is 1.92 bits per heavy atom. The van der Waals surface area contributed by atoms with Crippen molar-refractivity contribution < 1.29 is 9.59 Å². The molecule has 0 radical (unpaired) electrons. The molecule has 5 heteroatoms. The van der Waals surface area contributed by atoms with E-state index in [2.05, 4.69) is 30.1 Å². The van der Waals surface area contributed by atoms with Gasteiger partial charge in [-0.3, -0.25) is 14.5 Å². The van der Waals surface area contributed by atoms with Gasteiger partial charge in [0.1, 0.15) is 0 Å². The van der Waals surface area contributed by atoms with Crippen LogP contribution >= 0.6 is 0 Å². The van der Waals surface area contributed by atoms with Crippen molar-refractivity contribution in [1.82, 2.24) is 9.80 Å². The summed E-state index contributed by atoms with van der Waals surface area (Å²) >= 11 is 0. The van der Waals surface area contributed by atoms with Crippen LogP contribution in [0.4, 0.5) is 5.69 Å². The number of carbonyl (C=O) groups is 2. The summed E-state index contributed by atoms with van der Waals surface area (Å²) in [6.07, 6.45) is 1.65. The highest BCUT2D eigenvalue weighted by Gasteiger charge is 2.26. The molecule has 2 rings (SSSR count). The van der Waals surface area contributed by atoms with Gasteiger partial charge in [0.2, 0.25) is 11.8 Å². The molecule has 0 saturated carbocycles. The molecule has 24 heavy (non-hydrogen) atoms. The van der Waals surface area contributed by atoms with Crippen LogP contribution in [-0.2, 0) is 9.59 Å². The van der Waals surface area contributed by atoms with E-state index < -0.39 is 0 Å². The topological polar surface area (TPSA) is 52.7 Å². The molecule has 0 aliphatic carbocycles. The second-order valence-corrected chi connectivity index (χ2v) is 7.11. The minimum absolute atomic E-state index is 0.00768. The van der Waals surface area contributed by atoms with Gasteiger partial charge in [0.15, 0.2) is 0 Å². The molecule has 1 fully saturated rings. The van der Waals surface area contributed by atoms with Gasteiger partial charge in [-0.2, -0.15) is 0 Å². The van der Waals surface area contributed by atoms with Crippen molar-refractivity contribution in [1.29, 1.82) is 0 Å². The van der Waals surface area contributed by atoms with E-state index in [1.54, 1.807) is 19.0 Å². The Kier molecular flexibility index (Phi) is 6.37. The molecule has 1 saturated heterocycles. The van der Waals surface area contributed by atoms with Gasteiger partial charge in [-0.15, -0.1) is 0 Å². The summed E-state index contributed by atoms with van der Waals surface area (Å²) in [4.78, 5) is 28.0. The van der Waals surface area contributed by atoms with E-state index in [1.807, 2.05) is 18.2 Å². The van der Waals surface area contributed by atoms with Crippen LogP contribution in [0, 0.1) is 5.92 Å². The zero-order valence-corrected chi connectivity index (χ0v) is 15.2. The quantitative estimate of drug-likeness (QED) is 0.902. The summed E-state index contributed by atoms with van der Waals surface area (Å²) in [7, 11) is 3.60. The molecule has 0 unspecified atom stereocenters. The van der Waals surface area contributed by atoms with E-state index in [0.717, 1.165) is 31.6 Å². The molecule has 1 heterocycles. The van der Waals surface area contributed by atoms with Crippen LogP contribution in [0.3, 0.4) is 0 Å². The smallest absolute Gasteiger partial charge is 0.238 e. The van der Waals surface area contributed by atoms with Gasteiger partial charge in [-0.1, -0.05) is 26.0 Å². The van der Waals surface area contributed by atoms with Crippen molar-refractivity contribution >= 4 is 17.5 Å². The van der Waals surface area contributed by atoms with Crippen LogP contribution in [0.15, 0.2) is 24.3 Å². The van der Waals surface area contributed by atoms with Gasteiger partial charge in [-0.05, 0) is 49.5 Å². The fraction of sp³-hybridized carbons (Fsp3) is 0.579. The summed E-state index contributed by atoms with van der Waals surface area (Å²) in [6, 6.07) is 8.01. The second kappa shape index (κ2) is 8.29. The first-order valence-electron chi connectivity index (χ1n) is 8.70. The number of hydrogen-bond acceptors (Lipinski definition) is 3. The van der Waals surface area contributed by atoms with Gasteiger partial charge in [-0.25, -0.2) is 0 Å². The molecule has 1 aromatic rings. The predicted molar refractivity (Wildman–Crippen MR) is 97.0 cm³/mol. The van der Waals surface area contributed by atoms with Crippen molar-refractivity contribution in [3.8, 4) is 0 Å². The van der Waals surface area contributed by atoms with Gasteiger partial charge < -0.3 is 10.2 Å². The monoisotopic (exact) mass is 331 g/mol. The second-order valence-electron chi connectivity index (χ2n) is 7.11. The Morgan fingerprint density at radius 3 is 2.50 bits per heavy atom. The summed E-state index contributed by atoms with van der Waals surface area (Å²) in [5, 5.41) is 2.98. The minimum atomic E-state index is 0.00768. The highest BCUT2D eigenvalue weighted by Crippen LogP contribution is 2.20. The lowest BCUT2D eigenvalue weighted by atomic mass is 9.95. The summed E-state index contributed by atoms with van der Waals surface area (Å²) in [5.74, 6) is 0.745. The number of piperidine rings is 1. The fourth-order valence-corrected chi connectivity index (χ4v) is 3.08. The average molecular weight is 331 g/mol. The molecule has 132 valence electrons. The van der Waals surface area contributed by atoms with Crippen LogP contribution in [0.2, 0.25) is 0 Å². The molecule has 0 aromatic heterocycles. The zero-order chi connectivity index (χ0) is 17.7. The number of rotatable bonds is 5. The highest BCUT2D eigenvalue weighted by atomic mass is 16.2. The lowest BCUT2D eigenvalue weighted by molar-refractivity contribution is -0.134. The van der Waals surface area contributed by atoms with E-state index in [-0.39, 0.29) is 17.7 Å². The van der Waals surface area contributed by atoms with E-state index in [0.29, 0.717) is 12.5 Å². The van der Waals surface area contributed by atoms with E-state index in [9.17, 15) is 9.59 Å². The van der Waals surface area contributed by atoms with Gasteiger partial charge in [0.25, 0.3) is 0 Å². The number of hydrogen-bond donors (Lipinski definition) is 1. The summed E-state index contributed by atoms with van der Waals surface area (Å²) in [6.45, 7) is 6.25.